The van der Waals surface area contributed by atoms with Crippen LogP contribution < -0.4 is 0 Å². The minimum Gasteiger partial charge on any atom is -0.378 e. The quantitative estimate of drug-likeness (QED) is 0.464. The van der Waals surface area contributed by atoms with Gasteiger partial charge in [0.05, 0.1) is 13.7 Å². The predicted octanol–water partition coefficient (Wildman–Crippen LogP) is 1.23. The van der Waals surface area contributed by atoms with Gasteiger partial charge in [-0.2, -0.15) is 0 Å². The average Bonchev–Trinajstić information content (AvgIpc) is 1.41. The van der Waals surface area contributed by atoms with E-state index in [0.29, 0.717) is 0 Å². The van der Waals surface area contributed by atoms with Crippen LogP contribution in [0, 0.1) is 7.11 Å². The van der Waals surface area contributed by atoms with E-state index in [1.54, 1.807) is 0 Å². The van der Waals surface area contributed by atoms with E-state index in [4.69, 9.17) is 0 Å². The lowest BCUT2D eigenvalue weighted by molar-refractivity contribution is 0.267. The maximum atomic E-state index is 4.43. The molecule has 0 aliphatic heterocycles. The van der Waals surface area contributed by atoms with Crippen LogP contribution in [-0.2, 0) is 4.74 Å². The van der Waals surface area contributed by atoms with E-state index in [0.717, 1.165) is 11.0 Å². The van der Waals surface area contributed by atoms with Crippen LogP contribution in [0.4, 0.5) is 0 Å². The molecule has 0 amide bonds. The lowest BCUT2D eigenvalue weighted by Crippen LogP contribution is -1.82. The fraction of sp³-hybridized carbons (Fsp3) is 0.667. The van der Waals surface area contributed by atoms with Crippen molar-refractivity contribution in [2.45, 2.75) is 0 Å². The van der Waals surface area contributed by atoms with Crippen LogP contribution >= 0.6 is 22.6 Å². The SMILES string of the molecule is [CH2]OCCI. The van der Waals surface area contributed by atoms with E-state index < -0.39 is 0 Å². The Hall–Kier alpha value is 0.690. The summed E-state index contributed by atoms with van der Waals surface area (Å²) < 4.78 is 5.46. The molecule has 0 rings (SSSR count). The maximum absolute atomic E-state index is 4.43. The number of rotatable bonds is 2. The third-order valence-corrected chi connectivity index (χ3v) is 0.662. The number of alkyl halides is 1. The van der Waals surface area contributed by atoms with Crippen molar-refractivity contribution in [3.63, 3.8) is 0 Å². The molecule has 0 aromatic carbocycles. The third kappa shape index (κ3) is 4.69. The first kappa shape index (κ1) is 5.69. The first-order chi connectivity index (χ1) is 2.41. The van der Waals surface area contributed by atoms with Crippen molar-refractivity contribution in [1.82, 2.24) is 0 Å². The zero-order valence-corrected chi connectivity index (χ0v) is 5.07. The highest BCUT2D eigenvalue weighted by Gasteiger charge is 1.68. The second-order valence-corrected chi connectivity index (χ2v) is 1.68. The Morgan fingerprint density at radius 3 is 2.40 bits per heavy atom. The molecule has 2 heteroatoms. The molecule has 0 aromatic rings. The van der Waals surface area contributed by atoms with E-state index in [-0.39, 0.29) is 0 Å². The Bertz CT molecular complexity index is 14.4. The minimum absolute atomic E-state index is 0.764. The van der Waals surface area contributed by atoms with Crippen molar-refractivity contribution in [2.24, 2.45) is 0 Å². The third-order valence-electron chi connectivity index (χ3n) is 0.221. The van der Waals surface area contributed by atoms with Crippen molar-refractivity contribution in [2.75, 3.05) is 11.0 Å². The summed E-state index contributed by atoms with van der Waals surface area (Å²) >= 11 is 2.22. The Balaban J connectivity index is 2.19. The van der Waals surface area contributed by atoms with Crippen LogP contribution in [0.3, 0.4) is 0 Å². The van der Waals surface area contributed by atoms with Gasteiger partial charge in [-0.15, -0.1) is 0 Å². The van der Waals surface area contributed by atoms with Gasteiger partial charge in [-0.3, -0.25) is 0 Å². The van der Waals surface area contributed by atoms with Crippen molar-refractivity contribution in [3.8, 4) is 0 Å². The molecule has 0 unspecified atom stereocenters. The van der Waals surface area contributed by atoms with Crippen molar-refractivity contribution >= 4 is 22.6 Å². The molecule has 0 aliphatic carbocycles. The van der Waals surface area contributed by atoms with Gasteiger partial charge in [0.2, 0.25) is 0 Å². The van der Waals surface area contributed by atoms with E-state index >= 15 is 0 Å². The smallest absolute Gasteiger partial charge is 0.0700 e. The largest absolute Gasteiger partial charge is 0.378 e. The summed E-state index contributed by atoms with van der Waals surface area (Å²) in [6.07, 6.45) is 0. The number of ether oxygens (including phenoxy) is 1. The van der Waals surface area contributed by atoms with Gasteiger partial charge < -0.3 is 4.74 Å². The highest BCUT2D eigenvalue weighted by atomic mass is 127. The standard InChI is InChI=1S/C3H6IO/c1-5-3-2-4/h1-3H2. The van der Waals surface area contributed by atoms with Crippen LogP contribution in [0.5, 0.6) is 0 Å². The lowest BCUT2D eigenvalue weighted by Gasteiger charge is -1.82. The Morgan fingerprint density at radius 2 is 2.40 bits per heavy atom. The van der Waals surface area contributed by atoms with E-state index in [1.807, 2.05) is 0 Å². The van der Waals surface area contributed by atoms with Gasteiger partial charge in [0.15, 0.2) is 0 Å². The molecule has 0 heterocycles. The van der Waals surface area contributed by atoms with Crippen molar-refractivity contribution in [1.29, 1.82) is 0 Å². The van der Waals surface area contributed by atoms with Gasteiger partial charge in [-0.1, -0.05) is 22.6 Å². The molecule has 31 valence electrons. The molecule has 0 aliphatic rings. The fourth-order valence-electron chi connectivity index (χ4n) is 0.0546. The molecule has 1 nitrogen and oxygen atoms in total. The first-order valence-corrected chi connectivity index (χ1v) is 2.87. The average molecular weight is 185 g/mol. The molecular formula is C3H6IO. The number of hydrogen-bond donors (Lipinski definition) is 0. The summed E-state index contributed by atoms with van der Waals surface area (Å²) in [6, 6.07) is 0. The molecule has 0 saturated heterocycles. The fourth-order valence-corrected chi connectivity index (χ4v) is 0.366. The second-order valence-electron chi connectivity index (χ2n) is 0.597. The normalized spacial score (nSPS) is 8.40. The van der Waals surface area contributed by atoms with Gasteiger partial charge >= 0.3 is 0 Å². The van der Waals surface area contributed by atoms with E-state index in [2.05, 4.69) is 34.4 Å². The zero-order chi connectivity index (χ0) is 4.12. The van der Waals surface area contributed by atoms with Crippen molar-refractivity contribution in [3.05, 3.63) is 7.11 Å². The topological polar surface area (TPSA) is 9.23 Å². The Kier molecular flexibility index (Phi) is 5.34. The van der Waals surface area contributed by atoms with E-state index in [9.17, 15) is 0 Å². The summed E-state index contributed by atoms with van der Waals surface area (Å²) in [7, 11) is 3.17. The molecular weight excluding hydrogens is 179 g/mol. The molecule has 1 radical (unpaired) electrons. The van der Waals surface area contributed by atoms with Crippen LogP contribution in [0.25, 0.3) is 0 Å². The van der Waals surface area contributed by atoms with Gasteiger partial charge in [0.1, 0.15) is 0 Å². The molecule has 0 atom stereocenters. The Labute approximate surface area is 45.8 Å². The maximum Gasteiger partial charge on any atom is 0.0700 e. The highest BCUT2D eigenvalue weighted by molar-refractivity contribution is 14.1. The monoisotopic (exact) mass is 185 g/mol. The predicted molar refractivity (Wildman–Crippen MR) is 30.2 cm³/mol. The molecule has 0 bridgehead atoms. The molecule has 5 heavy (non-hydrogen) atoms. The summed E-state index contributed by atoms with van der Waals surface area (Å²) in [5.41, 5.74) is 0. The lowest BCUT2D eigenvalue weighted by atomic mass is 10.9. The van der Waals surface area contributed by atoms with Gasteiger partial charge in [0.25, 0.3) is 0 Å². The Morgan fingerprint density at radius 1 is 1.80 bits per heavy atom. The van der Waals surface area contributed by atoms with Crippen LogP contribution in [0.1, 0.15) is 0 Å². The van der Waals surface area contributed by atoms with Gasteiger partial charge in [-0.05, 0) is 0 Å². The molecule has 0 N–H and O–H groups in total. The number of hydrogen-bond acceptors (Lipinski definition) is 1. The first-order valence-electron chi connectivity index (χ1n) is 1.34. The molecule has 0 saturated carbocycles. The molecule has 0 spiro atoms. The second kappa shape index (κ2) is 4.69. The summed E-state index contributed by atoms with van der Waals surface area (Å²) in [5, 5.41) is 0. The summed E-state index contributed by atoms with van der Waals surface area (Å²) in [5.74, 6) is 0. The molecule has 0 aromatic heterocycles. The van der Waals surface area contributed by atoms with Crippen LogP contribution in [0.2, 0.25) is 0 Å². The number of halogens is 1. The van der Waals surface area contributed by atoms with Crippen molar-refractivity contribution < 1.29 is 4.74 Å². The summed E-state index contributed by atoms with van der Waals surface area (Å²) in [6.45, 7) is 0.764. The zero-order valence-electron chi connectivity index (χ0n) is 2.91. The minimum atomic E-state index is 0.764. The van der Waals surface area contributed by atoms with Gasteiger partial charge in [0, 0.05) is 4.43 Å². The van der Waals surface area contributed by atoms with Gasteiger partial charge in [-0.25, -0.2) is 0 Å². The van der Waals surface area contributed by atoms with Crippen LogP contribution in [-0.4, -0.2) is 11.0 Å². The molecule has 0 fully saturated rings. The summed E-state index contributed by atoms with van der Waals surface area (Å²) in [4.78, 5) is 0. The highest BCUT2D eigenvalue weighted by Crippen LogP contribution is 1.78. The van der Waals surface area contributed by atoms with E-state index in [1.165, 1.54) is 0 Å². The van der Waals surface area contributed by atoms with Crippen LogP contribution in [0.15, 0.2) is 0 Å².